The predicted octanol–water partition coefficient (Wildman–Crippen LogP) is 2.76. The summed E-state index contributed by atoms with van der Waals surface area (Å²) in [5, 5.41) is 2.80. The topological polar surface area (TPSA) is 55.1 Å². The third-order valence-electron chi connectivity index (χ3n) is 2.67. The van der Waals surface area contributed by atoms with E-state index in [1.807, 2.05) is 6.08 Å². The second kappa shape index (κ2) is 13.2. The molecular formula is C14H28N2O. The summed E-state index contributed by atoms with van der Waals surface area (Å²) >= 11 is 0. The molecule has 1 amide bonds. The lowest BCUT2D eigenvalue weighted by Crippen LogP contribution is -2.23. The fourth-order valence-electron chi connectivity index (χ4n) is 1.61. The molecule has 0 aliphatic carbocycles. The van der Waals surface area contributed by atoms with E-state index in [-0.39, 0.29) is 5.91 Å². The Morgan fingerprint density at radius 3 is 2.53 bits per heavy atom. The van der Waals surface area contributed by atoms with Crippen LogP contribution >= 0.6 is 0 Å². The highest BCUT2D eigenvalue weighted by molar-refractivity contribution is 5.87. The Hall–Kier alpha value is -0.830. The van der Waals surface area contributed by atoms with Crippen molar-refractivity contribution in [3.8, 4) is 0 Å². The van der Waals surface area contributed by atoms with Gasteiger partial charge in [0.1, 0.15) is 0 Å². The Labute approximate surface area is 106 Å². The minimum Gasteiger partial charge on any atom is -0.353 e. The van der Waals surface area contributed by atoms with Crippen molar-refractivity contribution in [2.24, 2.45) is 5.73 Å². The number of nitrogens with one attached hydrogen (secondary N) is 1. The molecule has 0 bridgehead atoms. The molecule has 0 fully saturated rings. The van der Waals surface area contributed by atoms with Crippen molar-refractivity contribution in [3.05, 3.63) is 12.2 Å². The number of hydrogen-bond donors (Lipinski definition) is 2. The van der Waals surface area contributed by atoms with Gasteiger partial charge in [0.25, 0.3) is 0 Å². The van der Waals surface area contributed by atoms with E-state index in [4.69, 9.17) is 5.73 Å². The van der Waals surface area contributed by atoms with Crippen LogP contribution in [0.3, 0.4) is 0 Å². The molecule has 0 radical (unpaired) electrons. The van der Waals surface area contributed by atoms with Crippen LogP contribution in [-0.4, -0.2) is 19.0 Å². The second-order valence-corrected chi connectivity index (χ2v) is 4.39. The van der Waals surface area contributed by atoms with Gasteiger partial charge in [0.05, 0.1) is 0 Å². The Bertz CT molecular complexity index is 202. The highest BCUT2D eigenvalue weighted by Gasteiger charge is 1.93. The summed E-state index contributed by atoms with van der Waals surface area (Å²) in [4.78, 5) is 11.3. The molecule has 17 heavy (non-hydrogen) atoms. The van der Waals surface area contributed by atoms with Crippen LogP contribution in [0.5, 0.6) is 0 Å². The van der Waals surface area contributed by atoms with E-state index in [9.17, 15) is 4.79 Å². The normalized spacial score (nSPS) is 10.9. The molecule has 100 valence electrons. The van der Waals surface area contributed by atoms with Crippen molar-refractivity contribution >= 4 is 5.91 Å². The first-order chi connectivity index (χ1) is 8.31. The van der Waals surface area contributed by atoms with Crippen LogP contribution in [0, 0.1) is 0 Å². The minimum atomic E-state index is 0.00410. The summed E-state index contributed by atoms with van der Waals surface area (Å²) < 4.78 is 0. The summed E-state index contributed by atoms with van der Waals surface area (Å²) in [6, 6.07) is 0. The summed E-state index contributed by atoms with van der Waals surface area (Å²) in [5.41, 5.74) is 5.34. The Morgan fingerprint density at radius 1 is 1.12 bits per heavy atom. The molecule has 0 aliphatic rings. The van der Waals surface area contributed by atoms with E-state index in [2.05, 4.69) is 12.2 Å². The molecule has 0 saturated heterocycles. The predicted molar refractivity (Wildman–Crippen MR) is 73.8 cm³/mol. The Morgan fingerprint density at radius 2 is 1.82 bits per heavy atom. The molecular weight excluding hydrogens is 212 g/mol. The molecule has 0 rings (SSSR count). The third-order valence-corrected chi connectivity index (χ3v) is 2.67. The quantitative estimate of drug-likeness (QED) is 0.431. The van der Waals surface area contributed by atoms with Gasteiger partial charge in [0, 0.05) is 6.54 Å². The van der Waals surface area contributed by atoms with Crippen molar-refractivity contribution in [1.29, 1.82) is 0 Å². The molecule has 0 aromatic heterocycles. The van der Waals surface area contributed by atoms with Gasteiger partial charge < -0.3 is 11.1 Å². The lowest BCUT2D eigenvalue weighted by atomic mass is 10.1. The maximum atomic E-state index is 11.3. The SMILES string of the molecule is CCCCCCCCC=CC(=O)NCCCN. The Kier molecular flexibility index (Phi) is 12.6. The van der Waals surface area contributed by atoms with Crippen LogP contribution in [0.15, 0.2) is 12.2 Å². The smallest absolute Gasteiger partial charge is 0.243 e. The zero-order chi connectivity index (χ0) is 12.8. The largest absolute Gasteiger partial charge is 0.353 e. The fraction of sp³-hybridized carbons (Fsp3) is 0.786. The van der Waals surface area contributed by atoms with Gasteiger partial charge in [0.15, 0.2) is 0 Å². The zero-order valence-electron chi connectivity index (χ0n) is 11.2. The third kappa shape index (κ3) is 13.1. The molecule has 3 N–H and O–H groups in total. The number of allylic oxidation sites excluding steroid dienone is 1. The summed E-state index contributed by atoms with van der Waals surface area (Å²) in [5.74, 6) is 0.00410. The van der Waals surface area contributed by atoms with Crippen LogP contribution < -0.4 is 11.1 Å². The molecule has 0 saturated carbocycles. The van der Waals surface area contributed by atoms with Crippen LogP contribution in [0.4, 0.5) is 0 Å². The molecule has 0 aromatic carbocycles. The highest BCUT2D eigenvalue weighted by atomic mass is 16.1. The van der Waals surface area contributed by atoms with E-state index in [1.54, 1.807) is 6.08 Å². The van der Waals surface area contributed by atoms with Gasteiger partial charge in [-0.1, -0.05) is 45.1 Å². The maximum Gasteiger partial charge on any atom is 0.243 e. The average molecular weight is 240 g/mol. The lowest BCUT2D eigenvalue weighted by molar-refractivity contribution is -0.116. The van der Waals surface area contributed by atoms with Crippen molar-refractivity contribution in [2.45, 2.75) is 58.3 Å². The Balaban J connectivity index is 3.25. The standard InChI is InChI=1S/C14H28N2O/c1-2-3-4-5-6-7-8-9-11-14(17)16-13-10-12-15/h9,11H,2-8,10,12-13,15H2,1H3,(H,16,17). The monoisotopic (exact) mass is 240 g/mol. The number of unbranched alkanes of at least 4 members (excludes halogenated alkanes) is 6. The van der Waals surface area contributed by atoms with Crippen molar-refractivity contribution in [2.75, 3.05) is 13.1 Å². The van der Waals surface area contributed by atoms with Gasteiger partial charge in [-0.15, -0.1) is 0 Å². The minimum absolute atomic E-state index is 0.00410. The van der Waals surface area contributed by atoms with Crippen LogP contribution in [0.1, 0.15) is 58.3 Å². The first-order valence-electron chi connectivity index (χ1n) is 6.95. The van der Waals surface area contributed by atoms with Crippen LogP contribution in [0.25, 0.3) is 0 Å². The van der Waals surface area contributed by atoms with Crippen molar-refractivity contribution in [1.82, 2.24) is 5.32 Å². The van der Waals surface area contributed by atoms with Gasteiger partial charge in [-0.25, -0.2) is 0 Å². The highest BCUT2D eigenvalue weighted by Crippen LogP contribution is 2.06. The van der Waals surface area contributed by atoms with Gasteiger partial charge in [-0.3, -0.25) is 4.79 Å². The van der Waals surface area contributed by atoms with Crippen LogP contribution in [0.2, 0.25) is 0 Å². The molecule has 3 heteroatoms. The summed E-state index contributed by atoms with van der Waals surface area (Å²) in [6.07, 6.45) is 13.2. The van der Waals surface area contributed by atoms with Crippen molar-refractivity contribution in [3.63, 3.8) is 0 Å². The van der Waals surface area contributed by atoms with E-state index in [1.165, 1.54) is 38.5 Å². The average Bonchev–Trinajstić information content (AvgIpc) is 2.33. The van der Waals surface area contributed by atoms with Gasteiger partial charge in [-0.05, 0) is 31.9 Å². The lowest BCUT2D eigenvalue weighted by Gasteiger charge is -1.99. The maximum absolute atomic E-state index is 11.3. The fourth-order valence-corrected chi connectivity index (χ4v) is 1.61. The summed E-state index contributed by atoms with van der Waals surface area (Å²) in [6.45, 7) is 3.53. The molecule has 0 spiro atoms. The molecule has 0 atom stereocenters. The number of carbonyl (C=O) groups excluding carboxylic acids is 1. The molecule has 3 nitrogen and oxygen atoms in total. The van der Waals surface area contributed by atoms with Gasteiger partial charge >= 0.3 is 0 Å². The van der Waals surface area contributed by atoms with Gasteiger partial charge in [-0.2, -0.15) is 0 Å². The zero-order valence-corrected chi connectivity index (χ0v) is 11.2. The van der Waals surface area contributed by atoms with Crippen LogP contribution in [-0.2, 0) is 4.79 Å². The van der Waals surface area contributed by atoms with E-state index < -0.39 is 0 Å². The number of amides is 1. The summed E-state index contributed by atoms with van der Waals surface area (Å²) in [7, 11) is 0. The molecule has 0 unspecified atom stereocenters. The molecule has 0 aromatic rings. The van der Waals surface area contributed by atoms with Gasteiger partial charge in [0.2, 0.25) is 5.91 Å². The van der Waals surface area contributed by atoms with E-state index in [0.717, 1.165) is 12.8 Å². The number of carbonyl (C=O) groups is 1. The van der Waals surface area contributed by atoms with Crippen molar-refractivity contribution < 1.29 is 4.79 Å². The van der Waals surface area contributed by atoms with E-state index in [0.29, 0.717) is 13.1 Å². The first kappa shape index (κ1) is 16.2. The molecule has 0 heterocycles. The first-order valence-corrected chi connectivity index (χ1v) is 6.95. The number of hydrogen-bond acceptors (Lipinski definition) is 2. The number of nitrogens with two attached hydrogens (primary N) is 1. The second-order valence-electron chi connectivity index (χ2n) is 4.39. The number of rotatable bonds is 11. The van der Waals surface area contributed by atoms with E-state index >= 15 is 0 Å². The molecule has 0 aliphatic heterocycles.